The van der Waals surface area contributed by atoms with Crippen molar-refractivity contribution in [2.75, 3.05) is 11.8 Å². The number of ether oxygens (including phenoxy) is 1. The Morgan fingerprint density at radius 1 is 1.07 bits per heavy atom. The topological polar surface area (TPSA) is 84.5 Å². The first-order chi connectivity index (χ1) is 14.3. The fourth-order valence-corrected chi connectivity index (χ4v) is 4.93. The number of hydrogen-bond donors (Lipinski definition) is 2. The molecule has 2 N–H and O–H groups in total. The minimum Gasteiger partial charge on any atom is -0.496 e. The number of para-hydroxylation sites is 1. The molecule has 0 aliphatic heterocycles. The van der Waals surface area contributed by atoms with Crippen LogP contribution >= 0.6 is 0 Å². The van der Waals surface area contributed by atoms with Gasteiger partial charge in [-0.05, 0) is 54.7 Å². The Morgan fingerprint density at radius 2 is 1.77 bits per heavy atom. The lowest BCUT2D eigenvalue weighted by Gasteiger charge is -2.23. The Bertz CT molecular complexity index is 996. The zero-order chi connectivity index (χ0) is 21.7. The summed E-state index contributed by atoms with van der Waals surface area (Å²) in [5.41, 5.74) is 1.40. The predicted molar refractivity (Wildman–Crippen MR) is 119 cm³/mol. The van der Waals surface area contributed by atoms with Crippen LogP contribution in [-0.2, 0) is 10.0 Å². The molecule has 0 saturated heterocycles. The predicted octanol–water partition coefficient (Wildman–Crippen LogP) is 4.68. The number of rotatable bonds is 7. The molecule has 3 rings (SSSR count). The molecule has 162 valence electrons. The largest absolute Gasteiger partial charge is 0.496 e. The molecule has 0 spiro atoms. The number of carbonyl (C=O) groups excluding carboxylic acids is 1. The average Bonchev–Trinajstić information content (AvgIpc) is 2.74. The van der Waals surface area contributed by atoms with Crippen LogP contribution in [0.1, 0.15) is 67.8 Å². The number of anilines is 1. The van der Waals surface area contributed by atoms with Gasteiger partial charge in [-0.3, -0.25) is 9.52 Å². The summed E-state index contributed by atoms with van der Waals surface area (Å²) in [6, 6.07) is 11.6. The Morgan fingerprint density at radius 3 is 2.43 bits per heavy atom. The van der Waals surface area contributed by atoms with Gasteiger partial charge in [-0.1, -0.05) is 45.2 Å². The molecule has 30 heavy (non-hydrogen) atoms. The molecule has 6 nitrogen and oxygen atoms in total. The van der Waals surface area contributed by atoms with Crippen LogP contribution in [0.5, 0.6) is 5.75 Å². The van der Waals surface area contributed by atoms with Crippen LogP contribution in [0.3, 0.4) is 0 Å². The molecule has 2 aromatic rings. The molecule has 1 aliphatic carbocycles. The van der Waals surface area contributed by atoms with Crippen LogP contribution in [0.15, 0.2) is 47.4 Å². The molecule has 0 bridgehead atoms. The van der Waals surface area contributed by atoms with Crippen LogP contribution < -0.4 is 14.8 Å². The van der Waals surface area contributed by atoms with Crippen molar-refractivity contribution in [3.63, 3.8) is 0 Å². The van der Waals surface area contributed by atoms with Crippen LogP contribution in [-0.4, -0.2) is 27.5 Å². The van der Waals surface area contributed by atoms with Crippen molar-refractivity contribution in [2.45, 2.75) is 62.8 Å². The summed E-state index contributed by atoms with van der Waals surface area (Å²) in [6.07, 6.45) is 5.33. The van der Waals surface area contributed by atoms with E-state index in [-0.39, 0.29) is 28.4 Å². The van der Waals surface area contributed by atoms with E-state index < -0.39 is 10.0 Å². The maximum absolute atomic E-state index is 13.1. The lowest BCUT2D eigenvalue weighted by atomic mass is 9.95. The monoisotopic (exact) mass is 430 g/mol. The Hall–Kier alpha value is -2.54. The second-order valence-electron chi connectivity index (χ2n) is 8.02. The van der Waals surface area contributed by atoms with E-state index in [1.165, 1.54) is 12.5 Å². The SMILES string of the molecule is COc1ccc(S(=O)(=O)Nc2ccccc2C(=O)NC2CCCCC2)cc1C(C)C. The summed E-state index contributed by atoms with van der Waals surface area (Å²) in [4.78, 5) is 13.0. The molecule has 0 radical (unpaired) electrons. The first-order valence-electron chi connectivity index (χ1n) is 10.4. The molecular weight excluding hydrogens is 400 g/mol. The van der Waals surface area contributed by atoms with Gasteiger partial charge >= 0.3 is 0 Å². The number of carbonyl (C=O) groups is 1. The van der Waals surface area contributed by atoms with Crippen molar-refractivity contribution in [1.82, 2.24) is 5.32 Å². The highest BCUT2D eigenvalue weighted by Crippen LogP contribution is 2.30. The highest BCUT2D eigenvalue weighted by Gasteiger charge is 2.22. The smallest absolute Gasteiger partial charge is 0.261 e. The summed E-state index contributed by atoms with van der Waals surface area (Å²) >= 11 is 0. The quantitative estimate of drug-likeness (QED) is 0.668. The fraction of sp³-hybridized carbons (Fsp3) is 0.435. The lowest BCUT2D eigenvalue weighted by Crippen LogP contribution is -2.36. The summed E-state index contributed by atoms with van der Waals surface area (Å²) in [5, 5.41) is 3.05. The van der Waals surface area contributed by atoms with Gasteiger partial charge in [-0.25, -0.2) is 8.42 Å². The number of hydrogen-bond acceptors (Lipinski definition) is 4. The van der Waals surface area contributed by atoms with Crippen LogP contribution in [0.25, 0.3) is 0 Å². The van der Waals surface area contributed by atoms with Gasteiger partial charge in [0.2, 0.25) is 0 Å². The number of methoxy groups -OCH3 is 1. The van der Waals surface area contributed by atoms with Crippen molar-refractivity contribution >= 4 is 21.6 Å². The molecular formula is C23H30N2O4S. The second kappa shape index (κ2) is 9.51. The highest BCUT2D eigenvalue weighted by molar-refractivity contribution is 7.92. The maximum Gasteiger partial charge on any atom is 0.261 e. The molecule has 1 aliphatic rings. The van der Waals surface area contributed by atoms with Gasteiger partial charge in [0.05, 0.1) is 23.3 Å². The zero-order valence-electron chi connectivity index (χ0n) is 17.8. The van der Waals surface area contributed by atoms with Crippen molar-refractivity contribution in [3.8, 4) is 5.75 Å². The molecule has 0 unspecified atom stereocenters. The Labute approximate surface area is 179 Å². The number of sulfonamides is 1. The van der Waals surface area contributed by atoms with E-state index in [1.54, 1.807) is 43.5 Å². The van der Waals surface area contributed by atoms with E-state index in [9.17, 15) is 13.2 Å². The van der Waals surface area contributed by atoms with Crippen molar-refractivity contribution in [3.05, 3.63) is 53.6 Å². The minimum atomic E-state index is -3.87. The number of amides is 1. The van der Waals surface area contributed by atoms with E-state index in [0.29, 0.717) is 11.3 Å². The summed E-state index contributed by atoms with van der Waals surface area (Å²) in [7, 11) is -2.30. The maximum atomic E-state index is 13.1. The molecule has 0 atom stereocenters. The van der Waals surface area contributed by atoms with Gasteiger partial charge in [0.1, 0.15) is 5.75 Å². The highest BCUT2D eigenvalue weighted by atomic mass is 32.2. The number of nitrogens with one attached hydrogen (secondary N) is 2. The first kappa shape index (κ1) is 22.2. The zero-order valence-corrected chi connectivity index (χ0v) is 18.6. The summed E-state index contributed by atoms with van der Waals surface area (Å²) < 4.78 is 34.1. The lowest BCUT2D eigenvalue weighted by molar-refractivity contribution is 0.0928. The molecule has 1 fully saturated rings. The van der Waals surface area contributed by atoms with Crippen LogP contribution in [0.2, 0.25) is 0 Å². The molecule has 7 heteroatoms. The van der Waals surface area contributed by atoms with Crippen molar-refractivity contribution in [1.29, 1.82) is 0 Å². The normalized spacial score (nSPS) is 15.1. The number of benzene rings is 2. The van der Waals surface area contributed by atoms with Crippen molar-refractivity contribution in [2.24, 2.45) is 0 Å². The standard InChI is InChI=1S/C23H30N2O4S/c1-16(2)20-15-18(13-14-22(20)29-3)30(27,28)25-21-12-8-7-11-19(21)23(26)24-17-9-5-4-6-10-17/h7-8,11-17,25H,4-6,9-10H2,1-3H3,(H,24,26). The van der Waals surface area contributed by atoms with Crippen molar-refractivity contribution < 1.29 is 17.9 Å². The van der Waals surface area contributed by atoms with Gasteiger partial charge < -0.3 is 10.1 Å². The fourth-order valence-electron chi connectivity index (χ4n) is 3.81. The van der Waals surface area contributed by atoms with Gasteiger partial charge in [-0.2, -0.15) is 0 Å². The molecule has 1 saturated carbocycles. The van der Waals surface area contributed by atoms with Gasteiger partial charge in [0.25, 0.3) is 15.9 Å². The first-order valence-corrected chi connectivity index (χ1v) is 11.9. The van der Waals surface area contributed by atoms with Gasteiger partial charge in [-0.15, -0.1) is 0 Å². The van der Waals surface area contributed by atoms with E-state index >= 15 is 0 Å². The minimum absolute atomic E-state index is 0.101. The third kappa shape index (κ3) is 5.14. The summed E-state index contributed by atoms with van der Waals surface area (Å²) in [6.45, 7) is 3.96. The third-order valence-corrected chi connectivity index (χ3v) is 6.85. The third-order valence-electron chi connectivity index (χ3n) is 5.49. The van der Waals surface area contributed by atoms with E-state index in [1.807, 2.05) is 13.8 Å². The van der Waals surface area contributed by atoms with Crippen LogP contribution in [0, 0.1) is 0 Å². The molecule has 1 amide bonds. The van der Waals surface area contributed by atoms with Crippen LogP contribution in [0.4, 0.5) is 5.69 Å². The van der Waals surface area contributed by atoms with Gasteiger partial charge in [0, 0.05) is 6.04 Å². The average molecular weight is 431 g/mol. The summed E-state index contributed by atoms with van der Waals surface area (Å²) in [5.74, 6) is 0.498. The molecule has 0 heterocycles. The Balaban J connectivity index is 1.85. The van der Waals surface area contributed by atoms with E-state index in [4.69, 9.17) is 4.74 Å². The van der Waals surface area contributed by atoms with Gasteiger partial charge in [0.15, 0.2) is 0 Å². The second-order valence-corrected chi connectivity index (χ2v) is 9.70. The van der Waals surface area contributed by atoms with E-state index in [2.05, 4.69) is 10.0 Å². The molecule has 2 aromatic carbocycles. The molecule has 0 aromatic heterocycles. The van der Waals surface area contributed by atoms with E-state index in [0.717, 1.165) is 31.2 Å². The Kier molecular flexibility index (Phi) is 7.02.